The smallest absolute Gasteiger partial charge is 0.410 e. The molecule has 10 nitrogen and oxygen atoms in total. The van der Waals surface area contributed by atoms with E-state index in [0.717, 1.165) is 54.4 Å². The zero-order valence-corrected chi connectivity index (χ0v) is 34.4. The van der Waals surface area contributed by atoms with Crippen molar-refractivity contribution in [1.82, 2.24) is 24.6 Å². The third-order valence-electron chi connectivity index (χ3n) is 10.1. The van der Waals surface area contributed by atoms with Crippen LogP contribution >= 0.6 is 11.9 Å². The normalized spacial score (nSPS) is 21.8. The van der Waals surface area contributed by atoms with Gasteiger partial charge in [0.1, 0.15) is 22.3 Å². The van der Waals surface area contributed by atoms with Gasteiger partial charge >= 0.3 is 6.09 Å². The molecule has 1 fully saturated rings. The molecule has 0 aliphatic carbocycles. The van der Waals surface area contributed by atoms with E-state index in [9.17, 15) is 9.59 Å². The lowest BCUT2D eigenvalue weighted by atomic mass is 9.83. The Hall–Kier alpha value is -4.12. The van der Waals surface area contributed by atoms with Gasteiger partial charge in [0.15, 0.2) is 0 Å². The number of nitrogens with one attached hydrogen (secondary N) is 2. The predicted octanol–water partition coefficient (Wildman–Crippen LogP) is 9.45. The lowest BCUT2D eigenvalue weighted by molar-refractivity contribution is 0.0270. The molecule has 53 heavy (non-hydrogen) atoms. The number of hydrogen-bond acceptors (Lipinski definition) is 9. The van der Waals surface area contributed by atoms with Crippen LogP contribution in [-0.2, 0) is 10.2 Å². The Morgan fingerprint density at radius 1 is 1.04 bits per heavy atom. The maximum absolute atomic E-state index is 13.8. The van der Waals surface area contributed by atoms with Gasteiger partial charge in [0.2, 0.25) is 0 Å². The molecule has 3 unspecified atom stereocenters. The Bertz CT molecular complexity index is 1810. The number of aromatic nitrogens is 3. The van der Waals surface area contributed by atoms with E-state index < -0.39 is 5.60 Å². The zero-order valence-electron chi connectivity index (χ0n) is 33.5. The third kappa shape index (κ3) is 9.71. The van der Waals surface area contributed by atoms with Gasteiger partial charge in [0, 0.05) is 54.4 Å². The second-order valence-electron chi connectivity index (χ2n) is 16.9. The first-order valence-corrected chi connectivity index (χ1v) is 19.9. The number of rotatable bonds is 2. The molecule has 3 atom stereocenters. The van der Waals surface area contributed by atoms with Crippen LogP contribution in [0.15, 0.2) is 59.8 Å². The number of ether oxygens (including phenoxy) is 1. The van der Waals surface area contributed by atoms with Gasteiger partial charge in [0.05, 0.1) is 17.3 Å². The molecule has 6 heterocycles. The molecule has 2 N–H and O–H groups in total. The van der Waals surface area contributed by atoms with Crippen LogP contribution in [0.2, 0.25) is 0 Å². The summed E-state index contributed by atoms with van der Waals surface area (Å²) in [7, 11) is 0. The number of nitrogens with zero attached hydrogens (tertiary/aromatic N) is 5. The van der Waals surface area contributed by atoms with Gasteiger partial charge in [-0.2, -0.15) is 0 Å². The van der Waals surface area contributed by atoms with Crippen LogP contribution in [0.5, 0.6) is 0 Å². The second kappa shape index (κ2) is 16.1. The second-order valence-corrected chi connectivity index (χ2v) is 17.7. The summed E-state index contributed by atoms with van der Waals surface area (Å²) in [6, 6.07) is 13.9. The van der Waals surface area contributed by atoms with Crippen LogP contribution in [0, 0.1) is 11.8 Å². The minimum atomic E-state index is -0.527. The molecular formula is C42H59N7O3S. The molecule has 3 aromatic heterocycles. The lowest BCUT2D eigenvalue weighted by Crippen LogP contribution is -2.40. The summed E-state index contributed by atoms with van der Waals surface area (Å²) >= 11 is 1.21. The van der Waals surface area contributed by atoms with Crippen molar-refractivity contribution in [2.24, 2.45) is 11.8 Å². The molecule has 0 radical (unpaired) electrons. The number of fused-ring (bicyclic) bond motifs is 6. The summed E-state index contributed by atoms with van der Waals surface area (Å²) in [6.45, 7) is 24.9. The molecule has 3 aromatic rings. The fourth-order valence-corrected chi connectivity index (χ4v) is 7.86. The van der Waals surface area contributed by atoms with Gasteiger partial charge in [-0.15, -0.1) is 0 Å². The van der Waals surface area contributed by atoms with E-state index in [0.29, 0.717) is 35.5 Å². The molecule has 2 amide bonds. The largest absolute Gasteiger partial charge is 0.444 e. The van der Waals surface area contributed by atoms with Gasteiger partial charge < -0.3 is 19.9 Å². The molecule has 3 aliphatic rings. The van der Waals surface area contributed by atoms with E-state index in [1.54, 1.807) is 4.90 Å². The van der Waals surface area contributed by atoms with Crippen molar-refractivity contribution in [3.8, 4) is 0 Å². The first kappa shape index (κ1) is 40.1. The summed E-state index contributed by atoms with van der Waals surface area (Å²) < 4.78 is 8.65. The maximum Gasteiger partial charge on any atom is 0.410 e. The molecular weight excluding hydrogens is 683 g/mol. The monoisotopic (exact) mass is 741 g/mol. The SMILES string of the molecule is CC.CC1CC(c2cc(C3=CCN(C(=O)OC(C)(C)C)CC3)ccn2)Nc2cccc(n2)SNC(=O)c2ccc(C(C)(C)C)nc2N2CC1CC2(C)C. The summed E-state index contributed by atoms with van der Waals surface area (Å²) in [4.78, 5) is 45.5. The Balaban J connectivity index is 0.00000266. The van der Waals surface area contributed by atoms with Crippen molar-refractivity contribution >= 4 is 41.2 Å². The van der Waals surface area contributed by atoms with E-state index in [-0.39, 0.29) is 29.0 Å². The maximum atomic E-state index is 13.8. The standard InChI is InChI=1S/C40H53N7O3S.C2H6/c1-25-21-31(30-22-27(15-18-41-30)26-16-19-46(20-17-26)37(49)50-39(5,6)7)42-33-11-10-12-34(44-33)51-45-36(48)29-13-14-32(38(2,3)4)43-35(29)47-24-28(25)23-40(47,8)9;1-2/h10-16,18,22,25,28,31H,17,19-21,23-24H2,1-9H3,(H,42,44)(H,45,48);1-2H3. The molecule has 3 aliphatic heterocycles. The van der Waals surface area contributed by atoms with Crippen molar-refractivity contribution in [3.63, 3.8) is 0 Å². The van der Waals surface area contributed by atoms with Crippen LogP contribution in [0.4, 0.5) is 16.4 Å². The van der Waals surface area contributed by atoms with Crippen molar-refractivity contribution in [2.75, 3.05) is 29.9 Å². The Kier molecular flexibility index (Phi) is 12.2. The highest BCUT2D eigenvalue weighted by Crippen LogP contribution is 2.43. The van der Waals surface area contributed by atoms with E-state index in [1.165, 1.54) is 17.5 Å². The van der Waals surface area contributed by atoms with Crippen molar-refractivity contribution in [1.29, 1.82) is 0 Å². The number of carbonyl (C=O) groups is 2. The molecule has 4 bridgehead atoms. The summed E-state index contributed by atoms with van der Waals surface area (Å²) in [5, 5.41) is 4.41. The molecule has 0 spiro atoms. The average molecular weight is 742 g/mol. The van der Waals surface area contributed by atoms with Gasteiger partial charge in [-0.05, 0) is 113 Å². The molecule has 11 heteroatoms. The van der Waals surface area contributed by atoms with E-state index in [1.807, 2.05) is 71.1 Å². The number of hydrogen-bond donors (Lipinski definition) is 2. The molecule has 0 saturated carbocycles. The quantitative estimate of drug-likeness (QED) is 0.248. The predicted molar refractivity (Wildman–Crippen MR) is 216 cm³/mol. The minimum Gasteiger partial charge on any atom is -0.444 e. The molecule has 1 saturated heterocycles. The van der Waals surface area contributed by atoms with Gasteiger partial charge in [-0.25, -0.2) is 14.8 Å². The number of anilines is 2. The minimum absolute atomic E-state index is 0.107. The van der Waals surface area contributed by atoms with Crippen LogP contribution in [-0.4, -0.2) is 62.6 Å². The Morgan fingerprint density at radius 2 is 1.79 bits per heavy atom. The van der Waals surface area contributed by atoms with E-state index in [2.05, 4.69) is 74.7 Å². The van der Waals surface area contributed by atoms with Crippen molar-refractivity contribution < 1.29 is 14.3 Å². The topological polar surface area (TPSA) is 113 Å². The Labute approximate surface area is 321 Å². The Morgan fingerprint density at radius 3 is 2.47 bits per heavy atom. The van der Waals surface area contributed by atoms with Crippen LogP contribution in [0.3, 0.4) is 0 Å². The third-order valence-corrected chi connectivity index (χ3v) is 10.9. The highest BCUT2D eigenvalue weighted by atomic mass is 32.2. The summed E-state index contributed by atoms with van der Waals surface area (Å²) in [6.07, 6.45) is 6.29. The number of carbonyl (C=O) groups excluding carboxylic acids is 2. The zero-order chi connectivity index (χ0) is 38.7. The molecule has 0 aromatic carbocycles. The summed E-state index contributed by atoms with van der Waals surface area (Å²) in [5.74, 6) is 1.97. The summed E-state index contributed by atoms with van der Waals surface area (Å²) in [5.41, 5.74) is 3.90. The van der Waals surface area contributed by atoms with E-state index >= 15 is 0 Å². The van der Waals surface area contributed by atoms with Gasteiger partial charge in [-0.1, -0.05) is 53.7 Å². The fourth-order valence-electron chi connectivity index (χ4n) is 7.27. The van der Waals surface area contributed by atoms with Crippen LogP contribution in [0.25, 0.3) is 5.57 Å². The number of pyridine rings is 3. The van der Waals surface area contributed by atoms with Gasteiger partial charge in [0.25, 0.3) is 5.91 Å². The molecule has 286 valence electrons. The lowest BCUT2D eigenvalue weighted by Gasteiger charge is -2.34. The highest BCUT2D eigenvalue weighted by molar-refractivity contribution is 7.97. The molecule has 6 rings (SSSR count). The first-order chi connectivity index (χ1) is 25.0. The number of amides is 2. The van der Waals surface area contributed by atoms with Crippen molar-refractivity contribution in [3.05, 3.63) is 77.3 Å². The fraction of sp³-hybridized carbons (Fsp3) is 0.548. The first-order valence-electron chi connectivity index (χ1n) is 19.1. The average Bonchev–Trinajstić information content (AvgIpc) is 3.44. The highest BCUT2D eigenvalue weighted by Gasteiger charge is 2.43. The van der Waals surface area contributed by atoms with E-state index in [4.69, 9.17) is 19.7 Å². The van der Waals surface area contributed by atoms with Crippen LogP contribution in [0.1, 0.15) is 129 Å². The van der Waals surface area contributed by atoms with Gasteiger partial charge in [-0.3, -0.25) is 14.5 Å². The van der Waals surface area contributed by atoms with Crippen molar-refractivity contribution in [2.45, 2.75) is 123 Å². The van der Waals surface area contributed by atoms with Crippen LogP contribution < -0.4 is 14.9 Å².